The highest BCUT2D eigenvalue weighted by Gasteiger charge is 2.31. The molecule has 0 radical (unpaired) electrons. The summed E-state index contributed by atoms with van der Waals surface area (Å²) in [5, 5.41) is 1.33. The lowest BCUT2D eigenvalue weighted by atomic mass is 9.88. The fourth-order valence-electron chi connectivity index (χ4n) is 5.20. The number of pyridine rings is 1. The van der Waals surface area contributed by atoms with Gasteiger partial charge in [-0.25, -0.2) is 9.97 Å². The highest BCUT2D eigenvalue weighted by molar-refractivity contribution is 7.19. The van der Waals surface area contributed by atoms with Gasteiger partial charge in [0, 0.05) is 48.5 Å². The van der Waals surface area contributed by atoms with Gasteiger partial charge in [0.15, 0.2) is 5.82 Å². The van der Waals surface area contributed by atoms with Crippen LogP contribution in [0.15, 0.2) is 24.5 Å². The van der Waals surface area contributed by atoms with E-state index in [4.69, 9.17) is 9.97 Å². The quantitative estimate of drug-likeness (QED) is 0.696. The molecule has 29 heavy (non-hydrogen) atoms. The third-order valence-electron chi connectivity index (χ3n) is 6.74. The first-order valence-corrected chi connectivity index (χ1v) is 11.6. The Morgan fingerprint density at radius 2 is 2.03 bits per heavy atom. The van der Waals surface area contributed by atoms with Crippen LogP contribution in [0.1, 0.15) is 36.1 Å². The number of nitrogens with zero attached hydrogens (tertiary/aromatic N) is 4. The predicted molar refractivity (Wildman–Crippen MR) is 117 cm³/mol. The minimum Gasteiger partial charge on any atom is -0.356 e. The molecular weight excluding hydrogens is 380 g/mol. The largest absolute Gasteiger partial charge is 0.356 e. The average Bonchev–Trinajstić information content (AvgIpc) is 3.51. The number of piperidine rings is 1. The van der Waals surface area contributed by atoms with Crippen LogP contribution in [0.2, 0.25) is 0 Å². The maximum absolute atomic E-state index is 5.12. The molecule has 2 fully saturated rings. The topological polar surface area (TPSA) is 66.0 Å². The van der Waals surface area contributed by atoms with Crippen LogP contribution in [0.3, 0.4) is 0 Å². The molecule has 3 aromatic heterocycles. The van der Waals surface area contributed by atoms with E-state index < -0.39 is 0 Å². The number of thiophene rings is 1. The molecular formula is C22H26N6S. The number of fused-ring (bicyclic) bond motifs is 3. The molecule has 5 heterocycles. The SMILES string of the molecule is c1cncc(-c2nc(N3CCC(C4CCNN4)CC3)c3c4c(sc3n2)CCC4)c1. The summed E-state index contributed by atoms with van der Waals surface area (Å²) in [5.74, 6) is 2.72. The van der Waals surface area contributed by atoms with Crippen molar-refractivity contribution in [3.8, 4) is 11.4 Å². The van der Waals surface area contributed by atoms with Crippen LogP contribution < -0.4 is 15.8 Å². The fraction of sp³-hybridized carbons (Fsp3) is 0.500. The van der Waals surface area contributed by atoms with E-state index in [1.807, 2.05) is 23.6 Å². The van der Waals surface area contributed by atoms with E-state index in [2.05, 4.69) is 26.8 Å². The van der Waals surface area contributed by atoms with Crippen molar-refractivity contribution in [2.24, 2.45) is 5.92 Å². The van der Waals surface area contributed by atoms with E-state index in [0.717, 1.165) is 47.6 Å². The molecule has 3 aromatic rings. The molecule has 2 N–H and O–H groups in total. The van der Waals surface area contributed by atoms with Crippen molar-refractivity contribution in [3.05, 3.63) is 35.0 Å². The first-order chi connectivity index (χ1) is 14.4. The lowest BCUT2D eigenvalue weighted by Crippen LogP contribution is -2.43. The molecule has 0 saturated carbocycles. The highest BCUT2D eigenvalue weighted by Crippen LogP contribution is 2.42. The first-order valence-electron chi connectivity index (χ1n) is 10.8. The smallest absolute Gasteiger partial charge is 0.164 e. The van der Waals surface area contributed by atoms with Gasteiger partial charge in [-0.3, -0.25) is 15.8 Å². The lowest BCUT2D eigenvalue weighted by molar-refractivity contribution is 0.310. The molecule has 2 aliphatic heterocycles. The summed E-state index contributed by atoms with van der Waals surface area (Å²) in [6, 6.07) is 4.65. The third-order valence-corrected chi connectivity index (χ3v) is 7.93. The van der Waals surface area contributed by atoms with E-state index in [9.17, 15) is 0 Å². The monoisotopic (exact) mass is 406 g/mol. The zero-order chi connectivity index (χ0) is 19.2. The van der Waals surface area contributed by atoms with Crippen molar-refractivity contribution >= 4 is 27.4 Å². The zero-order valence-corrected chi connectivity index (χ0v) is 17.3. The van der Waals surface area contributed by atoms with Crippen LogP contribution in [-0.4, -0.2) is 40.6 Å². The number of anilines is 1. The van der Waals surface area contributed by atoms with Gasteiger partial charge in [0.05, 0.1) is 5.39 Å². The zero-order valence-electron chi connectivity index (χ0n) is 16.5. The molecule has 0 aromatic carbocycles. The van der Waals surface area contributed by atoms with Gasteiger partial charge in [0.25, 0.3) is 0 Å². The van der Waals surface area contributed by atoms with Gasteiger partial charge < -0.3 is 4.90 Å². The summed E-state index contributed by atoms with van der Waals surface area (Å²) in [5.41, 5.74) is 9.29. The number of hydrogen-bond donors (Lipinski definition) is 2. The second-order valence-corrected chi connectivity index (χ2v) is 9.52. The Morgan fingerprint density at radius 1 is 1.10 bits per heavy atom. The van der Waals surface area contributed by atoms with Crippen molar-refractivity contribution in [2.45, 2.75) is 44.6 Å². The third kappa shape index (κ3) is 3.12. The molecule has 150 valence electrons. The molecule has 6 rings (SSSR count). The maximum Gasteiger partial charge on any atom is 0.164 e. The summed E-state index contributed by atoms with van der Waals surface area (Å²) >= 11 is 1.88. The summed E-state index contributed by atoms with van der Waals surface area (Å²) in [6.07, 6.45) is 11.0. The second-order valence-electron chi connectivity index (χ2n) is 8.44. The maximum atomic E-state index is 5.12. The minimum absolute atomic E-state index is 0.624. The van der Waals surface area contributed by atoms with Gasteiger partial charge in [-0.05, 0) is 62.1 Å². The van der Waals surface area contributed by atoms with E-state index in [1.54, 1.807) is 6.20 Å². The van der Waals surface area contributed by atoms with Crippen LogP contribution in [0, 0.1) is 5.92 Å². The van der Waals surface area contributed by atoms with Crippen LogP contribution >= 0.6 is 11.3 Å². The molecule has 3 aliphatic rings. The van der Waals surface area contributed by atoms with Crippen molar-refractivity contribution in [1.29, 1.82) is 0 Å². The number of aromatic nitrogens is 3. The number of hydrazine groups is 1. The Hall–Kier alpha value is -2.09. The van der Waals surface area contributed by atoms with Crippen LogP contribution in [-0.2, 0) is 12.8 Å². The number of nitrogens with one attached hydrogen (secondary N) is 2. The average molecular weight is 407 g/mol. The Bertz CT molecular complexity index is 1020. The Labute approximate surface area is 174 Å². The summed E-state index contributed by atoms with van der Waals surface area (Å²) < 4.78 is 0. The van der Waals surface area contributed by atoms with E-state index >= 15 is 0 Å². The predicted octanol–water partition coefficient (Wildman–Crippen LogP) is 3.32. The fourth-order valence-corrected chi connectivity index (χ4v) is 6.46. The lowest BCUT2D eigenvalue weighted by Gasteiger charge is -2.35. The van der Waals surface area contributed by atoms with Crippen LogP contribution in [0.25, 0.3) is 21.6 Å². The molecule has 6 nitrogen and oxygen atoms in total. The molecule has 1 atom stereocenters. The second kappa shape index (κ2) is 7.31. The Kier molecular flexibility index (Phi) is 4.47. The standard InChI is InChI=1S/C22H26N6S/c1-4-16-18(5-1)29-22-19(16)21(25-20(26-22)15-3-2-9-23-13-15)28-11-7-14(8-12-28)17-6-10-24-27-17/h2-3,9,13-14,17,24,27H,1,4-8,10-12H2. The van der Waals surface area contributed by atoms with Gasteiger partial charge in [0.1, 0.15) is 10.6 Å². The van der Waals surface area contributed by atoms with Crippen molar-refractivity contribution in [1.82, 2.24) is 25.8 Å². The summed E-state index contributed by atoms with van der Waals surface area (Å²) in [6.45, 7) is 3.24. The van der Waals surface area contributed by atoms with Crippen molar-refractivity contribution < 1.29 is 0 Å². The summed E-state index contributed by atoms with van der Waals surface area (Å²) in [4.78, 5) is 19.6. The van der Waals surface area contributed by atoms with Gasteiger partial charge in [-0.15, -0.1) is 11.3 Å². The van der Waals surface area contributed by atoms with Crippen LogP contribution in [0.4, 0.5) is 5.82 Å². The first kappa shape index (κ1) is 17.7. The minimum atomic E-state index is 0.624. The number of rotatable bonds is 3. The molecule has 7 heteroatoms. The highest BCUT2D eigenvalue weighted by atomic mass is 32.1. The van der Waals surface area contributed by atoms with E-state index in [0.29, 0.717) is 6.04 Å². The van der Waals surface area contributed by atoms with Gasteiger partial charge in [-0.2, -0.15) is 0 Å². The van der Waals surface area contributed by atoms with Crippen molar-refractivity contribution in [2.75, 3.05) is 24.5 Å². The molecule has 1 unspecified atom stereocenters. The van der Waals surface area contributed by atoms with E-state index in [1.165, 1.54) is 54.4 Å². The van der Waals surface area contributed by atoms with Crippen LogP contribution in [0.5, 0.6) is 0 Å². The van der Waals surface area contributed by atoms with Gasteiger partial charge >= 0.3 is 0 Å². The van der Waals surface area contributed by atoms with Gasteiger partial charge in [-0.1, -0.05) is 0 Å². The summed E-state index contributed by atoms with van der Waals surface area (Å²) in [7, 11) is 0. The molecule has 0 bridgehead atoms. The Balaban J connectivity index is 1.38. The molecule has 1 aliphatic carbocycles. The normalized spacial score (nSPS) is 22.5. The molecule has 0 spiro atoms. The Morgan fingerprint density at radius 3 is 2.83 bits per heavy atom. The number of aryl methyl sites for hydroxylation is 2. The van der Waals surface area contributed by atoms with Crippen molar-refractivity contribution in [3.63, 3.8) is 0 Å². The molecule has 2 saturated heterocycles. The molecule has 0 amide bonds. The van der Waals surface area contributed by atoms with Gasteiger partial charge in [0.2, 0.25) is 0 Å². The van der Waals surface area contributed by atoms with E-state index in [-0.39, 0.29) is 0 Å². The number of hydrogen-bond acceptors (Lipinski definition) is 7.